The maximum absolute atomic E-state index is 10.4. The number of carboxylic acid groups (broad SMARTS) is 2. The largest absolute Gasteiger partial charge is 0.481 e. The minimum atomic E-state index is -1.24. The van der Waals surface area contributed by atoms with Crippen molar-refractivity contribution < 1.29 is 19.8 Å². The lowest BCUT2D eigenvalue weighted by Gasteiger charge is -2.04. The van der Waals surface area contributed by atoms with Crippen LogP contribution in [0.3, 0.4) is 0 Å². The van der Waals surface area contributed by atoms with Crippen LogP contribution in [0.4, 0.5) is 0 Å². The molecule has 1 atom stereocenters. The number of hydrogen-bond donors (Lipinski definition) is 4. The van der Waals surface area contributed by atoms with Crippen LogP contribution in [0.15, 0.2) is 4.99 Å². The highest BCUT2D eigenvalue weighted by Gasteiger charge is 2.17. The van der Waals surface area contributed by atoms with Gasteiger partial charge in [0.15, 0.2) is 12.0 Å². The van der Waals surface area contributed by atoms with Crippen LogP contribution in [0.1, 0.15) is 12.8 Å². The monoisotopic (exact) mass is 225 g/mol. The summed E-state index contributed by atoms with van der Waals surface area (Å²) in [6, 6.07) is -1.18. The number of halogens is 1. The summed E-state index contributed by atoms with van der Waals surface area (Å²) in [5.41, 5.74) is 9.91. The van der Waals surface area contributed by atoms with E-state index in [9.17, 15) is 9.59 Å². The van der Waals surface area contributed by atoms with Crippen molar-refractivity contribution in [1.82, 2.24) is 0 Å². The van der Waals surface area contributed by atoms with Crippen molar-refractivity contribution in [3.8, 4) is 0 Å². The van der Waals surface area contributed by atoms with Crippen LogP contribution in [0.5, 0.6) is 0 Å². The van der Waals surface area contributed by atoms with E-state index in [4.69, 9.17) is 21.7 Å². The van der Waals surface area contributed by atoms with Gasteiger partial charge in [0.05, 0.1) is 0 Å². The summed E-state index contributed by atoms with van der Waals surface area (Å²) in [5, 5.41) is 16.8. The van der Waals surface area contributed by atoms with Crippen LogP contribution >= 0.6 is 12.4 Å². The van der Waals surface area contributed by atoms with Gasteiger partial charge in [0.1, 0.15) is 0 Å². The number of nitrogens with two attached hydrogens (primary N) is 2. The molecule has 0 fully saturated rings. The fraction of sp³-hybridized carbons (Fsp3) is 0.500. The molecule has 0 aromatic carbocycles. The van der Waals surface area contributed by atoms with Gasteiger partial charge in [-0.2, -0.15) is 0 Å². The first kappa shape index (κ1) is 15.0. The fourth-order valence-electron chi connectivity index (χ4n) is 0.683. The minimum absolute atomic E-state index is 0. The maximum atomic E-state index is 10.4. The van der Waals surface area contributed by atoms with Crippen molar-refractivity contribution in [3.63, 3.8) is 0 Å². The van der Waals surface area contributed by atoms with E-state index in [1.165, 1.54) is 0 Å². The maximum Gasteiger partial charge on any atom is 0.328 e. The Morgan fingerprint density at radius 3 is 2.07 bits per heavy atom. The Morgan fingerprint density at radius 2 is 1.79 bits per heavy atom. The summed E-state index contributed by atoms with van der Waals surface area (Å²) in [6.07, 6.45) is -0.406. The molecule has 0 aliphatic rings. The van der Waals surface area contributed by atoms with E-state index in [0.29, 0.717) is 0 Å². The average Bonchev–Trinajstić information content (AvgIpc) is 1.96. The van der Waals surface area contributed by atoms with Gasteiger partial charge in [-0.3, -0.25) is 4.79 Å². The Kier molecular flexibility index (Phi) is 7.45. The van der Waals surface area contributed by atoms with E-state index in [1.807, 2.05) is 0 Å². The number of nitrogens with zero attached hydrogens (tertiary/aromatic N) is 1. The van der Waals surface area contributed by atoms with Crippen LogP contribution in [-0.2, 0) is 9.59 Å². The molecule has 82 valence electrons. The SMILES string of the molecule is Cl.NC(N)=N[C@@H](CCC(=O)O)C(=O)O. The number of aliphatic imine (C=N–C) groups is 1. The lowest BCUT2D eigenvalue weighted by Crippen LogP contribution is -2.29. The molecular formula is C6H12ClN3O4. The number of guanidine groups is 1. The van der Waals surface area contributed by atoms with Gasteiger partial charge in [-0.05, 0) is 6.42 Å². The van der Waals surface area contributed by atoms with E-state index >= 15 is 0 Å². The van der Waals surface area contributed by atoms with Gasteiger partial charge in [0, 0.05) is 6.42 Å². The summed E-state index contributed by atoms with van der Waals surface area (Å²) in [5.74, 6) is -2.69. The van der Waals surface area contributed by atoms with E-state index < -0.39 is 18.0 Å². The summed E-state index contributed by atoms with van der Waals surface area (Å²) in [7, 11) is 0. The summed E-state index contributed by atoms with van der Waals surface area (Å²) >= 11 is 0. The minimum Gasteiger partial charge on any atom is -0.481 e. The molecule has 7 nitrogen and oxygen atoms in total. The van der Waals surface area contributed by atoms with Gasteiger partial charge in [-0.25, -0.2) is 9.79 Å². The third-order valence-electron chi connectivity index (χ3n) is 1.22. The molecule has 0 spiro atoms. The van der Waals surface area contributed by atoms with Crippen LogP contribution in [0, 0.1) is 0 Å². The Labute approximate surface area is 86.2 Å². The van der Waals surface area contributed by atoms with Crippen LogP contribution in [0.2, 0.25) is 0 Å². The zero-order valence-corrected chi connectivity index (χ0v) is 8.03. The van der Waals surface area contributed by atoms with Gasteiger partial charge < -0.3 is 21.7 Å². The third kappa shape index (κ3) is 7.17. The van der Waals surface area contributed by atoms with Gasteiger partial charge >= 0.3 is 11.9 Å². The number of aliphatic carboxylic acids is 2. The molecule has 8 heteroatoms. The summed E-state index contributed by atoms with van der Waals surface area (Å²) in [4.78, 5) is 23.9. The highest BCUT2D eigenvalue weighted by molar-refractivity contribution is 5.85. The lowest BCUT2D eigenvalue weighted by molar-refractivity contribution is -0.139. The average molecular weight is 226 g/mol. The summed E-state index contributed by atoms with van der Waals surface area (Å²) < 4.78 is 0. The first-order valence-electron chi connectivity index (χ1n) is 3.47. The summed E-state index contributed by atoms with van der Waals surface area (Å²) in [6.45, 7) is 0. The van der Waals surface area contributed by atoms with Gasteiger partial charge in [-0.15, -0.1) is 12.4 Å². The molecule has 0 radical (unpaired) electrons. The fourth-order valence-corrected chi connectivity index (χ4v) is 0.683. The number of hydrogen-bond acceptors (Lipinski definition) is 3. The number of rotatable bonds is 5. The standard InChI is InChI=1S/C6H11N3O4.ClH/c7-6(8)9-3(5(12)13)1-2-4(10)11;/h3H,1-2H2,(H,10,11)(H,12,13)(H4,7,8,9);1H/t3-;/m0./s1. The topological polar surface area (TPSA) is 139 Å². The smallest absolute Gasteiger partial charge is 0.328 e. The molecule has 0 heterocycles. The van der Waals surface area contributed by atoms with Crippen molar-refractivity contribution in [1.29, 1.82) is 0 Å². The van der Waals surface area contributed by atoms with Gasteiger partial charge in [0.2, 0.25) is 0 Å². The zero-order chi connectivity index (χ0) is 10.4. The molecule has 0 bridgehead atoms. The number of carboxylic acids is 2. The molecule has 0 rings (SSSR count). The van der Waals surface area contributed by atoms with E-state index in [0.717, 1.165) is 0 Å². The van der Waals surface area contributed by atoms with E-state index in [1.54, 1.807) is 0 Å². The molecule has 0 unspecified atom stereocenters. The predicted molar refractivity (Wildman–Crippen MR) is 51.4 cm³/mol. The first-order chi connectivity index (χ1) is 5.93. The molecule has 0 aromatic rings. The predicted octanol–water partition coefficient (Wildman–Crippen LogP) is -1.00. The van der Waals surface area contributed by atoms with Crippen molar-refractivity contribution in [3.05, 3.63) is 0 Å². The Hall–Kier alpha value is -1.50. The molecule has 0 aromatic heterocycles. The van der Waals surface area contributed by atoms with Crippen LogP contribution in [-0.4, -0.2) is 34.2 Å². The van der Waals surface area contributed by atoms with Gasteiger partial charge in [-0.1, -0.05) is 0 Å². The molecule has 6 N–H and O–H groups in total. The molecule has 0 aliphatic heterocycles. The molecule has 0 saturated heterocycles. The third-order valence-corrected chi connectivity index (χ3v) is 1.22. The molecule has 0 aliphatic carbocycles. The van der Waals surface area contributed by atoms with Crippen molar-refractivity contribution >= 4 is 30.3 Å². The molecular weight excluding hydrogens is 214 g/mol. The van der Waals surface area contributed by atoms with E-state index in [2.05, 4.69) is 4.99 Å². The quantitative estimate of drug-likeness (QED) is 0.350. The Balaban J connectivity index is 0. The Bertz CT molecular complexity index is 239. The Morgan fingerprint density at radius 1 is 1.29 bits per heavy atom. The highest BCUT2D eigenvalue weighted by atomic mass is 35.5. The first-order valence-corrected chi connectivity index (χ1v) is 3.47. The van der Waals surface area contributed by atoms with Crippen molar-refractivity contribution in [2.75, 3.05) is 0 Å². The van der Waals surface area contributed by atoms with Gasteiger partial charge in [0.25, 0.3) is 0 Å². The molecule has 14 heavy (non-hydrogen) atoms. The second kappa shape index (κ2) is 6.96. The second-order valence-corrected chi connectivity index (χ2v) is 2.34. The normalized spacial score (nSPS) is 10.9. The van der Waals surface area contributed by atoms with Crippen molar-refractivity contribution in [2.24, 2.45) is 16.5 Å². The molecule has 0 saturated carbocycles. The lowest BCUT2D eigenvalue weighted by atomic mass is 10.2. The van der Waals surface area contributed by atoms with Crippen LogP contribution < -0.4 is 11.5 Å². The second-order valence-electron chi connectivity index (χ2n) is 2.34. The zero-order valence-electron chi connectivity index (χ0n) is 7.21. The highest BCUT2D eigenvalue weighted by Crippen LogP contribution is 2.02. The van der Waals surface area contributed by atoms with Crippen LogP contribution in [0.25, 0.3) is 0 Å². The molecule has 0 amide bonds. The number of carbonyl (C=O) groups is 2. The van der Waals surface area contributed by atoms with Crippen molar-refractivity contribution in [2.45, 2.75) is 18.9 Å². The van der Waals surface area contributed by atoms with E-state index in [-0.39, 0.29) is 31.2 Å².